The molecule has 2 unspecified atom stereocenters. The lowest BCUT2D eigenvalue weighted by atomic mass is 10.1. The van der Waals surface area contributed by atoms with Gasteiger partial charge in [-0.3, -0.25) is 4.79 Å². The van der Waals surface area contributed by atoms with E-state index in [1.165, 1.54) is 0 Å². The Balaban J connectivity index is 0.00000211. The molecule has 0 radical (unpaired) electrons. The monoisotopic (exact) mass is 313 g/mol. The van der Waals surface area contributed by atoms with Crippen molar-refractivity contribution < 1.29 is 19.0 Å². The molecule has 126 valence electrons. The van der Waals surface area contributed by atoms with Crippen LogP contribution in [0.2, 0.25) is 0 Å². The van der Waals surface area contributed by atoms with E-state index in [0.29, 0.717) is 19.4 Å². The molecular weight excluding hydrogens is 286 g/mol. The van der Waals surface area contributed by atoms with Crippen LogP contribution in [0.25, 0.3) is 10.4 Å². The van der Waals surface area contributed by atoms with E-state index >= 15 is 0 Å². The fourth-order valence-corrected chi connectivity index (χ4v) is 1.95. The number of allylic oxidation sites excluding steroid dienone is 1. The van der Waals surface area contributed by atoms with E-state index in [4.69, 9.17) is 19.7 Å². The molecule has 0 bridgehead atoms. The number of ether oxygens (including phenoxy) is 3. The topological polar surface area (TPSA) is 93.5 Å². The number of carbonyl (C=O) groups excluding carboxylic acids is 1. The summed E-state index contributed by atoms with van der Waals surface area (Å²) in [5.74, 6) is -0.919. The number of azide groups is 1. The third-order valence-electron chi connectivity index (χ3n) is 2.69. The summed E-state index contributed by atoms with van der Waals surface area (Å²) in [6.07, 6.45) is 4.02. The molecule has 0 aromatic carbocycles. The highest BCUT2D eigenvalue weighted by atomic mass is 16.7. The summed E-state index contributed by atoms with van der Waals surface area (Å²) in [5.41, 5.74) is 8.36. The third-order valence-corrected chi connectivity index (χ3v) is 2.69. The van der Waals surface area contributed by atoms with E-state index in [1.54, 1.807) is 6.92 Å². The van der Waals surface area contributed by atoms with Crippen LogP contribution in [0.1, 0.15) is 47.5 Å². The zero-order chi connectivity index (χ0) is 17.0. The highest BCUT2D eigenvalue weighted by Gasteiger charge is 2.39. The zero-order valence-electron chi connectivity index (χ0n) is 14.1. The Morgan fingerprint density at radius 3 is 2.68 bits per heavy atom. The normalized spacial score (nSPS) is 22.6. The molecule has 1 aliphatic heterocycles. The summed E-state index contributed by atoms with van der Waals surface area (Å²) in [5, 5.41) is 3.52. The van der Waals surface area contributed by atoms with Crippen molar-refractivity contribution in [1.29, 1.82) is 0 Å². The maximum atomic E-state index is 11.2. The van der Waals surface area contributed by atoms with Gasteiger partial charge in [0, 0.05) is 11.3 Å². The predicted molar refractivity (Wildman–Crippen MR) is 84.2 cm³/mol. The quantitative estimate of drug-likeness (QED) is 0.235. The molecule has 2 atom stereocenters. The first-order valence-corrected chi connectivity index (χ1v) is 7.67. The second-order valence-corrected chi connectivity index (χ2v) is 4.82. The van der Waals surface area contributed by atoms with Crippen molar-refractivity contribution in [1.82, 2.24) is 0 Å². The van der Waals surface area contributed by atoms with Gasteiger partial charge in [-0.2, -0.15) is 0 Å². The number of carbonyl (C=O) groups is 1. The van der Waals surface area contributed by atoms with Gasteiger partial charge >= 0.3 is 5.97 Å². The summed E-state index contributed by atoms with van der Waals surface area (Å²) in [7, 11) is 0. The summed E-state index contributed by atoms with van der Waals surface area (Å²) in [6.45, 7) is 10.0. The average molecular weight is 313 g/mol. The first-order chi connectivity index (χ1) is 10.5. The highest BCUT2D eigenvalue weighted by molar-refractivity contribution is 5.69. The van der Waals surface area contributed by atoms with Crippen molar-refractivity contribution in [3.63, 3.8) is 0 Å². The summed E-state index contributed by atoms with van der Waals surface area (Å²) >= 11 is 0. The Kier molecular flexibility index (Phi) is 10.3. The van der Waals surface area contributed by atoms with Gasteiger partial charge in [0.25, 0.3) is 0 Å². The second kappa shape index (κ2) is 11.1. The minimum Gasteiger partial charge on any atom is -0.466 e. The molecule has 1 heterocycles. The van der Waals surface area contributed by atoms with Crippen molar-refractivity contribution in [3.05, 3.63) is 22.6 Å². The van der Waals surface area contributed by atoms with Crippen LogP contribution in [0.3, 0.4) is 0 Å². The van der Waals surface area contributed by atoms with E-state index < -0.39 is 5.79 Å². The number of esters is 1. The van der Waals surface area contributed by atoms with Crippen LogP contribution < -0.4 is 0 Å². The minimum absolute atomic E-state index is 0.215. The van der Waals surface area contributed by atoms with E-state index in [-0.39, 0.29) is 24.7 Å². The fraction of sp³-hybridized carbons (Fsp3) is 0.800. The minimum atomic E-state index is -0.703. The lowest BCUT2D eigenvalue weighted by Gasteiger charge is -2.16. The van der Waals surface area contributed by atoms with Gasteiger partial charge in [-0.1, -0.05) is 31.1 Å². The molecule has 1 fully saturated rings. The molecule has 0 N–H and O–H groups in total. The number of hydrogen-bond acceptors (Lipinski definition) is 5. The lowest BCUT2D eigenvalue weighted by Crippen LogP contribution is -2.23. The molecule has 0 aromatic rings. The molecule has 0 amide bonds. The van der Waals surface area contributed by atoms with Gasteiger partial charge in [-0.15, -0.1) is 0 Å². The largest absolute Gasteiger partial charge is 0.466 e. The van der Waals surface area contributed by atoms with Crippen LogP contribution in [0.4, 0.5) is 0 Å². The molecule has 7 nitrogen and oxygen atoms in total. The lowest BCUT2D eigenvalue weighted by molar-refractivity contribution is -0.143. The molecule has 1 rings (SSSR count). The van der Waals surface area contributed by atoms with Gasteiger partial charge in [0.2, 0.25) is 0 Å². The molecule has 7 heteroatoms. The molecule has 0 spiro atoms. The first kappa shape index (κ1) is 20.4. The Morgan fingerprint density at radius 1 is 1.41 bits per heavy atom. The van der Waals surface area contributed by atoms with Crippen LogP contribution in [0.5, 0.6) is 0 Å². The van der Waals surface area contributed by atoms with Gasteiger partial charge < -0.3 is 14.2 Å². The zero-order valence-corrected chi connectivity index (χ0v) is 14.1. The molecular formula is C15H27N3O4. The standard InChI is InChI=1S/C13H21N3O4.C2H6/c1-4-18-12(17)8-6-5-7-10-11(9-15-16-14)20-13(2,3)19-10;1-2/h5,7,10-11H,4,6,8-9H2,1-3H3;1-2H3/b7-5-;. The Bertz CT molecular complexity index is 404. The molecule has 0 saturated carbocycles. The highest BCUT2D eigenvalue weighted by Crippen LogP contribution is 2.29. The van der Waals surface area contributed by atoms with Crippen LogP contribution in [0, 0.1) is 0 Å². The molecule has 0 aliphatic carbocycles. The van der Waals surface area contributed by atoms with E-state index in [2.05, 4.69) is 10.0 Å². The van der Waals surface area contributed by atoms with Crippen molar-refractivity contribution in [2.24, 2.45) is 5.11 Å². The SMILES string of the molecule is CC.CCOC(=O)CC/C=C\C1OC(C)(C)OC1CN=[N+]=[N-]. The van der Waals surface area contributed by atoms with Crippen LogP contribution in [-0.2, 0) is 19.0 Å². The van der Waals surface area contributed by atoms with Gasteiger partial charge in [0.15, 0.2) is 5.79 Å². The Labute approximate surface area is 132 Å². The van der Waals surface area contributed by atoms with Crippen molar-refractivity contribution in [3.8, 4) is 0 Å². The predicted octanol–water partition coefficient (Wildman–Crippen LogP) is 3.74. The number of hydrogen-bond donors (Lipinski definition) is 0. The van der Waals surface area contributed by atoms with E-state index in [1.807, 2.05) is 39.8 Å². The Morgan fingerprint density at radius 2 is 2.09 bits per heavy atom. The molecule has 0 aromatic heterocycles. The number of nitrogens with zero attached hydrogens (tertiary/aromatic N) is 3. The first-order valence-electron chi connectivity index (χ1n) is 7.67. The van der Waals surface area contributed by atoms with Gasteiger partial charge in [0.1, 0.15) is 6.10 Å². The number of rotatable bonds is 7. The van der Waals surface area contributed by atoms with Crippen molar-refractivity contribution in [2.75, 3.05) is 13.2 Å². The van der Waals surface area contributed by atoms with Gasteiger partial charge in [-0.05, 0) is 32.7 Å². The summed E-state index contributed by atoms with van der Waals surface area (Å²) < 4.78 is 16.2. The fourth-order valence-electron chi connectivity index (χ4n) is 1.95. The van der Waals surface area contributed by atoms with Crippen LogP contribution in [0.15, 0.2) is 17.3 Å². The summed E-state index contributed by atoms with van der Waals surface area (Å²) in [6, 6.07) is 0. The van der Waals surface area contributed by atoms with Gasteiger partial charge in [0.05, 0.1) is 19.3 Å². The average Bonchev–Trinajstić information content (AvgIpc) is 2.78. The Hall–Kier alpha value is -1.56. The third kappa shape index (κ3) is 8.02. The van der Waals surface area contributed by atoms with Crippen molar-refractivity contribution in [2.45, 2.75) is 65.5 Å². The van der Waals surface area contributed by atoms with E-state index in [9.17, 15) is 4.79 Å². The van der Waals surface area contributed by atoms with Crippen LogP contribution in [-0.4, -0.2) is 37.1 Å². The van der Waals surface area contributed by atoms with Crippen LogP contribution >= 0.6 is 0 Å². The van der Waals surface area contributed by atoms with Gasteiger partial charge in [-0.25, -0.2) is 0 Å². The maximum Gasteiger partial charge on any atom is 0.306 e. The molecule has 1 saturated heterocycles. The molecule has 1 aliphatic rings. The second-order valence-electron chi connectivity index (χ2n) is 4.82. The molecule has 22 heavy (non-hydrogen) atoms. The summed E-state index contributed by atoms with van der Waals surface area (Å²) in [4.78, 5) is 13.9. The van der Waals surface area contributed by atoms with E-state index in [0.717, 1.165) is 0 Å². The smallest absolute Gasteiger partial charge is 0.306 e. The van der Waals surface area contributed by atoms with Crippen molar-refractivity contribution >= 4 is 5.97 Å². The maximum absolute atomic E-state index is 11.2.